The maximum absolute atomic E-state index is 5.86. The van der Waals surface area contributed by atoms with Gasteiger partial charge >= 0.3 is 0 Å². The summed E-state index contributed by atoms with van der Waals surface area (Å²) in [7, 11) is 0. The van der Waals surface area contributed by atoms with E-state index in [1.807, 2.05) is 11.3 Å². The minimum atomic E-state index is -0.106. The first-order valence-corrected chi connectivity index (χ1v) is 7.17. The van der Waals surface area contributed by atoms with Gasteiger partial charge in [-0.25, -0.2) is 0 Å². The second-order valence-electron chi connectivity index (χ2n) is 4.91. The fraction of sp³-hybridized carbons (Fsp3) is 0.692. The minimum absolute atomic E-state index is 0.106. The highest BCUT2D eigenvalue weighted by atomic mass is 32.1. The summed E-state index contributed by atoms with van der Waals surface area (Å²) in [6, 6.07) is 4.63. The Bertz CT molecular complexity index is 358. The molecule has 0 radical (unpaired) electrons. The molecule has 1 aliphatic heterocycles. The Morgan fingerprint density at radius 3 is 2.82 bits per heavy atom. The number of hydrazine groups is 1. The Morgan fingerprint density at radius 2 is 2.29 bits per heavy atom. The lowest BCUT2D eigenvalue weighted by molar-refractivity contribution is -0.0113. The van der Waals surface area contributed by atoms with Crippen LogP contribution in [0.5, 0.6) is 0 Å². The zero-order chi connectivity index (χ0) is 12.3. The summed E-state index contributed by atoms with van der Waals surface area (Å²) in [5.74, 6) is 5.70. The van der Waals surface area contributed by atoms with Gasteiger partial charge in [-0.05, 0) is 38.3 Å². The summed E-state index contributed by atoms with van der Waals surface area (Å²) >= 11 is 1.88. The molecule has 3 N–H and O–H groups in total. The van der Waals surface area contributed by atoms with Gasteiger partial charge in [0, 0.05) is 22.8 Å². The molecule has 1 aromatic rings. The summed E-state index contributed by atoms with van der Waals surface area (Å²) in [5, 5.41) is 0. The predicted octanol–water partition coefficient (Wildman–Crippen LogP) is 2.25. The Hall–Kier alpha value is -0.420. The Kier molecular flexibility index (Phi) is 4.20. The highest BCUT2D eigenvalue weighted by Crippen LogP contribution is 2.31. The van der Waals surface area contributed by atoms with Crippen LogP contribution in [-0.2, 0) is 17.6 Å². The molecule has 17 heavy (non-hydrogen) atoms. The number of rotatable bonds is 5. The van der Waals surface area contributed by atoms with Crippen LogP contribution < -0.4 is 11.3 Å². The van der Waals surface area contributed by atoms with Gasteiger partial charge in [-0.2, -0.15) is 0 Å². The maximum atomic E-state index is 5.86. The van der Waals surface area contributed by atoms with E-state index in [2.05, 4.69) is 31.4 Å². The molecular formula is C13H22N2OS. The number of nitrogens with one attached hydrogen (secondary N) is 1. The van der Waals surface area contributed by atoms with E-state index < -0.39 is 0 Å². The Balaban J connectivity index is 2.04. The van der Waals surface area contributed by atoms with E-state index in [4.69, 9.17) is 10.6 Å². The largest absolute Gasteiger partial charge is 0.374 e. The van der Waals surface area contributed by atoms with Crippen LogP contribution in [0.1, 0.15) is 36.4 Å². The van der Waals surface area contributed by atoms with Crippen LogP contribution in [0.15, 0.2) is 12.1 Å². The van der Waals surface area contributed by atoms with Crippen molar-refractivity contribution in [3.63, 3.8) is 0 Å². The lowest BCUT2D eigenvalue weighted by Crippen LogP contribution is -2.52. The molecule has 96 valence electrons. The molecule has 0 aliphatic carbocycles. The van der Waals surface area contributed by atoms with Crippen molar-refractivity contribution >= 4 is 11.3 Å². The highest BCUT2D eigenvalue weighted by molar-refractivity contribution is 7.11. The summed E-state index contributed by atoms with van der Waals surface area (Å²) < 4.78 is 5.86. The standard InChI is InChI=1S/C13H22N2OS/c1-3-10-5-6-11(17-10)9-12(15-14)13(2)7-4-8-16-13/h5-6,12,15H,3-4,7-9,14H2,1-2H3. The van der Waals surface area contributed by atoms with Crippen molar-refractivity contribution in [2.45, 2.75) is 51.2 Å². The van der Waals surface area contributed by atoms with E-state index in [1.165, 1.54) is 9.75 Å². The second kappa shape index (κ2) is 5.48. The molecular weight excluding hydrogens is 232 g/mol. The van der Waals surface area contributed by atoms with Crippen molar-refractivity contribution in [1.82, 2.24) is 5.43 Å². The van der Waals surface area contributed by atoms with E-state index >= 15 is 0 Å². The Morgan fingerprint density at radius 1 is 1.53 bits per heavy atom. The van der Waals surface area contributed by atoms with Crippen LogP contribution in [0.4, 0.5) is 0 Å². The smallest absolute Gasteiger partial charge is 0.0824 e. The number of ether oxygens (including phenoxy) is 1. The molecule has 2 atom stereocenters. The molecule has 1 aromatic heterocycles. The fourth-order valence-corrected chi connectivity index (χ4v) is 3.45. The van der Waals surface area contributed by atoms with Crippen LogP contribution in [-0.4, -0.2) is 18.2 Å². The van der Waals surface area contributed by atoms with Crippen LogP contribution in [0.25, 0.3) is 0 Å². The molecule has 0 spiro atoms. The van der Waals surface area contributed by atoms with Gasteiger partial charge in [0.1, 0.15) is 0 Å². The van der Waals surface area contributed by atoms with Crippen molar-refractivity contribution in [3.05, 3.63) is 21.9 Å². The molecule has 1 fully saturated rings. The van der Waals surface area contributed by atoms with Gasteiger partial charge in [-0.15, -0.1) is 11.3 Å². The number of hydrogen-bond donors (Lipinski definition) is 2. The number of aryl methyl sites for hydroxylation is 1. The van der Waals surface area contributed by atoms with Gasteiger partial charge in [-0.1, -0.05) is 6.92 Å². The van der Waals surface area contributed by atoms with E-state index in [9.17, 15) is 0 Å². The zero-order valence-corrected chi connectivity index (χ0v) is 11.5. The molecule has 1 saturated heterocycles. The third-order valence-corrected chi connectivity index (χ3v) is 4.91. The first kappa shape index (κ1) is 13.0. The van der Waals surface area contributed by atoms with Crippen molar-refractivity contribution in [2.75, 3.05) is 6.61 Å². The summed E-state index contributed by atoms with van der Waals surface area (Å²) in [4.78, 5) is 2.83. The highest BCUT2D eigenvalue weighted by Gasteiger charge is 2.37. The second-order valence-corrected chi connectivity index (χ2v) is 6.16. The van der Waals surface area contributed by atoms with Crippen LogP contribution in [0.2, 0.25) is 0 Å². The van der Waals surface area contributed by atoms with Crippen molar-refractivity contribution in [3.8, 4) is 0 Å². The fourth-order valence-electron chi connectivity index (χ4n) is 2.45. The van der Waals surface area contributed by atoms with Crippen LogP contribution >= 0.6 is 11.3 Å². The van der Waals surface area contributed by atoms with Crippen molar-refractivity contribution in [1.29, 1.82) is 0 Å². The molecule has 2 heterocycles. The quantitative estimate of drug-likeness (QED) is 0.626. The van der Waals surface area contributed by atoms with Crippen LogP contribution in [0, 0.1) is 0 Å². The maximum Gasteiger partial charge on any atom is 0.0824 e. The van der Waals surface area contributed by atoms with E-state index in [-0.39, 0.29) is 11.6 Å². The Labute approximate surface area is 107 Å². The monoisotopic (exact) mass is 254 g/mol. The topological polar surface area (TPSA) is 47.3 Å². The van der Waals surface area contributed by atoms with Crippen molar-refractivity contribution in [2.24, 2.45) is 5.84 Å². The van der Waals surface area contributed by atoms with E-state index in [1.54, 1.807) is 0 Å². The zero-order valence-electron chi connectivity index (χ0n) is 10.7. The SMILES string of the molecule is CCc1ccc(CC(NN)C2(C)CCCO2)s1. The van der Waals surface area contributed by atoms with Gasteiger partial charge in [0.05, 0.1) is 11.6 Å². The lowest BCUT2D eigenvalue weighted by atomic mass is 9.91. The molecule has 0 saturated carbocycles. The van der Waals surface area contributed by atoms with Gasteiger partial charge in [0.25, 0.3) is 0 Å². The number of hydrogen-bond acceptors (Lipinski definition) is 4. The normalized spacial score (nSPS) is 26.3. The summed E-state index contributed by atoms with van der Waals surface area (Å²) in [5.41, 5.74) is 2.84. The molecule has 2 rings (SSSR count). The molecule has 1 aliphatic rings. The van der Waals surface area contributed by atoms with Gasteiger partial charge in [0.2, 0.25) is 0 Å². The first-order valence-electron chi connectivity index (χ1n) is 6.35. The molecule has 0 aromatic carbocycles. The molecule has 3 nitrogen and oxygen atoms in total. The lowest BCUT2D eigenvalue weighted by Gasteiger charge is -2.32. The van der Waals surface area contributed by atoms with E-state index in [0.29, 0.717) is 0 Å². The van der Waals surface area contributed by atoms with Gasteiger partial charge < -0.3 is 4.74 Å². The number of nitrogens with two attached hydrogens (primary N) is 1. The van der Waals surface area contributed by atoms with Gasteiger partial charge in [0.15, 0.2) is 0 Å². The molecule has 4 heteroatoms. The summed E-state index contributed by atoms with van der Waals surface area (Å²) in [6.45, 7) is 5.22. The minimum Gasteiger partial charge on any atom is -0.374 e. The molecule has 2 unspecified atom stereocenters. The van der Waals surface area contributed by atoms with E-state index in [0.717, 1.165) is 32.3 Å². The first-order chi connectivity index (χ1) is 8.18. The third-order valence-electron chi connectivity index (χ3n) is 3.66. The number of thiophene rings is 1. The van der Waals surface area contributed by atoms with Gasteiger partial charge in [-0.3, -0.25) is 11.3 Å². The van der Waals surface area contributed by atoms with Crippen molar-refractivity contribution < 1.29 is 4.74 Å². The average molecular weight is 254 g/mol. The summed E-state index contributed by atoms with van der Waals surface area (Å²) in [6.07, 6.45) is 4.30. The third kappa shape index (κ3) is 2.88. The van der Waals surface area contributed by atoms with Crippen LogP contribution in [0.3, 0.4) is 0 Å². The average Bonchev–Trinajstić information content (AvgIpc) is 2.95. The predicted molar refractivity (Wildman–Crippen MR) is 72.1 cm³/mol. The molecule has 0 bridgehead atoms. The molecule has 0 amide bonds.